The predicted molar refractivity (Wildman–Crippen MR) is 91.6 cm³/mol. The number of carboxylic acid groups (broad SMARTS) is 1. The smallest absolute Gasteiger partial charge is 0.335 e. The van der Waals surface area contributed by atoms with Gasteiger partial charge in [-0.25, -0.2) is 4.79 Å². The first-order valence-electron chi connectivity index (χ1n) is 7.41. The number of hydrogen-bond acceptors (Lipinski definition) is 4. The van der Waals surface area contributed by atoms with Crippen LogP contribution in [0.3, 0.4) is 0 Å². The van der Waals surface area contributed by atoms with Gasteiger partial charge in [-0.05, 0) is 48.2 Å². The second-order valence-corrected chi connectivity index (χ2v) is 5.31. The van der Waals surface area contributed by atoms with Gasteiger partial charge in [-0.2, -0.15) is 5.26 Å². The predicted octanol–water partition coefficient (Wildman–Crippen LogP) is 3.47. The lowest BCUT2D eigenvalue weighted by Crippen LogP contribution is -2.19. The third kappa shape index (κ3) is 3.28. The molecule has 1 unspecified atom stereocenters. The van der Waals surface area contributed by atoms with Gasteiger partial charge in [0.2, 0.25) is 0 Å². The fraction of sp³-hybridized carbons (Fsp3) is 0.0526. The highest BCUT2D eigenvalue weighted by molar-refractivity contribution is 5.90. The molecule has 5 nitrogen and oxygen atoms in total. The van der Waals surface area contributed by atoms with Gasteiger partial charge in [0, 0.05) is 5.69 Å². The molecule has 1 aliphatic heterocycles. The lowest BCUT2D eigenvalue weighted by Gasteiger charge is -2.19. The van der Waals surface area contributed by atoms with Crippen LogP contribution in [0.15, 0.2) is 72.5 Å². The molecule has 0 spiro atoms. The number of carboxylic acids is 1. The Kier molecular flexibility index (Phi) is 4.30. The molecule has 0 saturated carbocycles. The summed E-state index contributed by atoms with van der Waals surface area (Å²) in [6.07, 6.45) is 4.74. The van der Waals surface area contributed by atoms with Gasteiger partial charge in [-0.3, -0.25) is 0 Å². The van der Waals surface area contributed by atoms with Gasteiger partial charge in [0.15, 0.2) is 0 Å². The van der Waals surface area contributed by atoms with Crippen LogP contribution in [0.2, 0.25) is 0 Å². The molecule has 1 atom stereocenters. The fourth-order valence-corrected chi connectivity index (χ4v) is 2.49. The molecule has 0 amide bonds. The van der Waals surface area contributed by atoms with E-state index < -0.39 is 5.97 Å². The van der Waals surface area contributed by atoms with E-state index in [2.05, 4.69) is 16.7 Å². The molecule has 24 heavy (non-hydrogen) atoms. The minimum absolute atomic E-state index is 0.226. The van der Waals surface area contributed by atoms with E-state index in [0.29, 0.717) is 11.3 Å². The number of hydrogen-bond donors (Lipinski definition) is 3. The third-order valence-electron chi connectivity index (χ3n) is 3.71. The van der Waals surface area contributed by atoms with E-state index in [1.807, 2.05) is 42.5 Å². The first-order valence-corrected chi connectivity index (χ1v) is 7.41. The molecule has 0 saturated heterocycles. The first kappa shape index (κ1) is 15.4. The van der Waals surface area contributed by atoms with Crippen molar-refractivity contribution in [1.29, 1.82) is 5.26 Å². The maximum Gasteiger partial charge on any atom is 0.335 e. The van der Waals surface area contributed by atoms with Crippen LogP contribution < -0.4 is 10.6 Å². The number of benzene rings is 2. The van der Waals surface area contributed by atoms with Crippen LogP contribution in [0.1, 0.15) is 17.2 Å². The van der Waals surface area contributed by atoms with Crippen molar-refractivity contribution in [3.8, 4) is 6.07 Å². The molecule has 0 aromatic heterocycles. The van der Waals surface area contributed by atoms with Crippen molar-refractivity contribution in [2.75, 3.05) is 5.32 Å². The van der Waals surface area contributed by atoms with Gasteiger partial charge in [-0.15, -0.1) is 0 Å². The first-order chi connectivity index (χ1) is 11.7. The Morgan fingerprint density at radius 2 is 2.00 bits per heavy atom. The second-order valence-electron chi connectivity index (χ2n) is 5.31. The summed E-state index contributed by atoms with van der Waals surface area (Å²) in [5.41, 5.74) is 3.16. The quantitative estimate of drug-likeness (QED) is 0.804. The van der Waals surface area contributed by atoms with E-state index in [0.717, 1.165) is 11.3 Å². The average Bonchev–Trinajstić information content (AvgIpc) is 2.63. The zero-order chi connectivity index (χ0) is 16.9. The Balaban J connectivity index is 1.89. The largest absolute Gasteiger partial charge is 0.478 e. The highest BCUT2D eigenvalue weighted by Gasteiger charge is 2.16. The van der Waals surface area contributed by atoms with Gasteiger partial charge in [0.1, 0.15) is 6.07 Å². The third-order valence-corrected chi connectivity index (χ3v) is 3.71. The van der Waals surface area contributed by atoms with E-state index in [-0.39, 0.29) is 11.6 Å². The summed E-state index contributed by atoms with van der Waals surface area (Å²) in [5.74, 6) is -0.972. The number of nitriles is 1. The normalized spacial score (nSPS) is 15.8. The Labute approximate surface area is 139 Å². The van der Waals surface area contributed by atoms with Gasteiger partial charge in [0.05, 0.1) is 22.9 Å². The molecule has 1 aliphatic rings. The molecule has 2 aromatic carbocycles. The molecule has 0 radical (unpaired) electrons. The second kappa shape index (κ2) is 6.71. The van der Waals surface area contributed by atoms with Crippen LogP contribution in [0.25, 0.3) is 0 Å². The Morgan fingerprint density at radius 3 is 2.71 bits per heavy atom. The van der Waals surface area contributed by atoms with Crippen molar-refractivity contribution in [1.82, 2.24) is 5.32 Å². The number of aliphatic carboxylic acids is 1. The Bertz CT molecular complexity index is 864. The Morgan fingerprint density at radius 1 is 1.21 bits per heavy atom. The van der Waals surface area contributed by atoms with Crippen LogP contribution in [0.5, 0.6) is 0 Å². The minimum Gasteiger partial charge on any atom is -0.478 e. The minimum atomic E-state index is -0.972. The van der Waals surface area contributed by atoms with Crippen molar-refractivity contribution in [3.63, 3.8) is 0 Å². The lowest BCUT2D eigenvalue weighted by atomic mass is 9.99. The summed E-state index contributed by atoms with van der Waals surface area (Å²) < 4.78 is 0. The number of para-hydroxylation sites is 1. The standard InChI is InChI=1S/C19H15N3O2/c20-12-15-10-13(18-11-14(19(23)24)8-9-21-18)6-7-17(15)22-16-4-2-1-3-5-16/h1-11,18,21-22H,(H,23,24). The van der Waals surface area contributed by atoms with Crippen molar-refractivity contribution < 1.29 is 9.90 Å². The maximum absolute atomic E-state index is 11.1. The molecule has 0 fully saturated rings. The zero-order valence-electron chi connectivity index (χ0n) is 12.7. The highest BCUT2D eigenvalue weighted by Crippen LogP contribution is 2.26. The number of rotatable bonds is 4. The van der Waals surface area contributed by atoms with Crippen molar-refractivity contribution in [3.05, 3.63) is 83.6 Å². The van der Waals surface area contributed by atoms with Gasteiger partial charge in [-0.1, -0.05) is 24.3 Å². The van der Waals surface area contributed by atoms with Gasteiger partial charge < -0.3 is 15.7 Å². The number of nitrogens with zero attached hydrogens (tertiary/aromatic N) is 1. The summed E-state index contributed by atoms with van der Waals surface area (Å²) in [4.78, 5) is 11.1. The summed E-state index contributed by atoms with van der Waals surface area (Å²) in [7, 11) is 0. The van der Waals surface area contributed by atoms with Gasteiger partial charge in [0.25, 0.3) is 0 Å². The van der Waals surface area contributed by atoms with Crippen LogP contribution in [-0.2, 0) is 4.79 Å². The van der Waals surface area contributed by atoms with E-state index in [9.17, 15) is 10.1 Å². The number of nitrogens with one attached hydrogen (secondary N) is 2. The fourth-order valence-electron chi connectivity index (χ4n) is 2.49. The SMILES string of the molecule is N#Cc1cc(C2C=C(C(=O)O)C=CN2)ccc1Nc1ccccc1. The Hall–Kier alpha value is -3.52. The van der Waals surface area contributed by atoms with Crippen molar-refractivity contribution in [2.45, 2.75) is 6.04 Å². The molecular weight excluding hydrogens is 302 g/mol. The molecule has 1 heterocycles. The average molecular weight is 317 g/mol. The maximum atomic E-state index is 11.1. The van der Waals surface area contributed by atoms with Crippen LogP contribution >= 0.6 is 0 Å². The van der Waals surface area contributed by atoms with E-state index in [1.165, 1.54) is 6.08 Å². The molecule has 3 rings (SSSR count). The highest BCUT2D eigenvalue weighted by atomic mass is 16.4. The van der Waals surface area contributed by atoms with E-state index in [1.54, 1.807) is 18.3 Å². The van der Waals surface area contributed by atoms with Crippen LogP contribution in [0.4, 0.5) is 11.4 Å². The number of carbonyl (C=O) groups is 1. The van der Waals surface area contributed by atoms with E-state index in [4.69, 9.17) is 5.11 Å². The number of dihydropyridines is 1. The summed E-state index contributed by atoms with van der Waals surface area (Å²) in [6, 6.07) is 17.0. The molecule has 2 aromatic rings. The molecular formula is C19H15N3O2. The topological polar surface area (TPSA) is 85.2 Å². The van der Waals surface area contributed by atoms with E-state index >= 15 is 0 Å². The van der Waals surface area contributed by atoms with Crippen molar-refractivity contribution >= 4 is 17.3 Å². The zero-order valence-corrected chi connectivity index (χ0v) is 12.7. The molecule has 5 heteroatoms. The summed E-state index contributed by atoms with van der Waals surface area (Å²) in [5, 5.41) is 24.8. The molecule has 0 bridgehead atoms. The summed E-state index contributed by atoms with van der Waals surface area (Å²) >= 11 is 0. The van der Waals surface area contributed by atoms with Crippen LogP contribution in [0, 0.1) is 11.3 Å². The van der Waals surface area contributed by atoms with Crippen molar-refractivity contribution in [2.24, 2.45) is 0 Å². The molecule has 3 N–H and O–H groups in total. The van der Waals surface area contributed by atoms with Crippen LogP contribution in [-0.4, -0.2) is 11.1 Å². The van der Waals surface area contributed by atoms with Gasteiger partial charge >= 0.3 is 5.97 Å². The molecule has 0 aliphatic carbocycles. The summed E-state index contributed by atoms with van der Waals surface area (Å²) in [6.45, 7) is 0. The monoisotopic (exact) mass is 317 g/mol. The lowest BCUT2D eigenvalue weighted by molar-refractivity contribution is -0.132. The number of anilines is 2. The molecule has 118 valence electrons.